The van der Waals surface area contributed by atoms with Gasteiger partial charge in [0.25, 0.3) is 0 Å². The first-order chi connectivity index (χ1) is 10.7. The Morgan fingerprint density at radius 3 is 2.43 bits per heavy atom. The summed E-state index contributed by atoms with van der Waals surface area (Å²) in [6.45, 7) is 8.37. The summed E-state index contributed by atoms with van der Waals surface area (Å²) in [7, 11) is -0.470. The predicted octanol–water partition coefficient (Wildman–Crippen LogP) is 4.05. The van der Waals surface area contributed by atoms with Crippen LogP contribution in [0.5, 0.6) is 0 Å². The van der Waals surface area contributed by atoms with Crippen LogP contribution in [0.15, 0.2) is 28.7 Å². The minimum absolute atomic E-state index is 0.328. The van der Waals surface area contributed by atoms with Gasteiger partial charge in [-0.3, -0.25) is 0 Å². The molecule has 1 aliphatic rings. The smallest absolute Gasteiger partial charge is 0.400 e. The molecule has 1 aliphatic heterocycles. The van der Waals surface area contributed by atoms with E-state index >= 15 is 0 Å². The van der Waals surface area contributed by atoms with Crippen molar-refractivity contribution in [1.29, 1.82) is 0 Å². The monoisotopic (exact) mass is 350 g/mol. The Balaban J connectivity index is 2.30. The van der Waals surface area contributed by atoms with Crippen molar-refractivity contribution in [2.24, 2.45) is 10.7 Å². The number of hydrogen-bond donors (Lipinski definition) is 1. The molecule has 1 fully saturated rings. The van der Waals surface area contributed by atoms with Gasteiger partial charge in [0.1, 0.15) is 0 Å². The van der Waals surface area contributed by atoms with Crippen molar-refractivity contribution in [2.45, 2.75) is 38.9 Å². The highest BCUT2D eigenvalue weighted by Crippen LogP contribution is 2.38. The second-order valence-corrected chi connectivity index (χ2v) is 7.02. The zero-order chi connectivity index (χ0) is 17.3. The summed E-state index contributed by atoms with van der Waals surface area (Å²) in [5, 5.41) is 2.81. The highest BCUT2D eigenvalue weighted by molar-refractivity contribution is 7.78. The zero-order valence-electron chi connectivity index (χ0n) is 13.7. The molecule has 23 heavy (non-hydrogen) atoms. The molecule has 1 saturated heterocycles. The maximum Gasteiger partial charge on any atom is 0.491 e. The van der Waals surface area contributed by atoms with Gasteiger partial charge in [-0.05, 0) is 63.1 Å². The molecule has 0 atom stereocenters. The number of thiocarbonyl (C=S) groups is 1. The average Bonchev–Trinajstić information content (AvgIpc) is 2.67. The van der Waals surface area contributed by atoms with E-state index in [1.54, 1.807) is 12.1 Å². The lowest BCUT2D eigenvalue weighted by Crippen LogP contribution is -2.41. The molecule has 0 radical (unpaired) electrons. The fourth-order valence-electron chi connectivity index (χ4n) is 2.18. The van der Waals surface area contributed by atoms with Crippen LogP contribution in [0.25, 0.3) is 6.08 Å². The summed E-state index contributed by atoms with van der Waals surface area (Å²) in [6, 6.07) is 5.47. The Hall–Kier alpha value is -1.01. The quantitative estimate of drug-likeness (QED) is 0.505. The van der Waals surface area contributed by atoms with Crippen molar-refractivity contribution >= 4 is 47.9 Å². The van der Waals surface area contributed by atoms with Crippen molar-refractivity contribution in [2.75, 3.05) is 6.54 Å². The van der Waals surface area contributed by atoms with Gasteiger partial charge in [0, 0.05) is 6.54 Å². The molecule has 0 bridgehead atoms. The highest BCUT2D eigenvalue weighted by Gasteiger charge is 2.52. The van der Waals surface area contributed by atoms with Gasteiger partial charge in [-0.1, -0.05) is 23.7 Å². The molecule has 2 rings (SSSR count). The van der Waals surface area contributed by atoms with Gasteiger partial charge in [0.05, 0.1) is 27.1 Å². The molecule has 0 aromatic heterocycles. The van der Waals surface area contributed by atoms with E-state index in [4.69, 9.17) is 26.6 Å². The lowest BCUT2D eigenvalue weighted by molar-refractivity contribution is 0.00578. The maximum atomic E-state index is 6.18. The van der Waals surface area contributed by atoms with Crippen LogP contribution in [0, 0.1) is 0 Å². The second-order valence-electron chi connectivity index (χ2n) is 6.43. The second kappa shape index (κ2) is 6.85. The van der Waals surface area contributed by atoms with Crippen molar-refractivity contribution < 1.29 is 9.31 Å². The molecular formula is C16H20BClN2O2S. The molecule has 0 aliphatic carbocycles. The van der Waals surface area contributed by atoms with Crippen LogP contribution in [0.3, 0.4) is 0 Å². The van der Waals surface area contributed by atoms with Crippen LogP contribution in [0.1, 0.15) is 33.3 Å². The SMILES string of the molecule is CC1(C)OB(C(=Cc2ccc(N=C=S)c(Cl)c2)CN)OC1(C)C. The Kier molecular flexibility index (Phi) is 5.46. The minimum atomic E-state index is -0.470. The average molecular weight is 351 g/mol. The topological polar surface area (TPSA) is 56.8 Å². The number of nitrogens with two attached hydrogens (primary N) is 1. The van der Waals surface area contributed by atoms with E-state index in [2.05, 4.69) is 22.4 Å². The van der Waals surface area contributed by atoms with E-state index in [-0.39, 0.29) is 0 Å². The van der Waals surface area contributed by atoms with Gasteiger partial charge in [-0.15, -0.1) is 0 Å². The molecule has 2 N–H and O–H groups in total. The van der Waals surface area contributed by atoms with Crippen molar-refractivity contribution in [3.8, 4) is 0 Å². The minimum Gasteiger partial charge on any atom is -0.400 e. The van der Waals surface area contributed by atoms with Crippen LogP contribution in [-0.2, 0) is 9.31 Å². The fraction of sp³-hybridized carbons (Fsp3) is 0.438. The fourth-order valence-corrected chi connectivity index (χ4v) is 2.51. The molecule has 4 nitrogen and oxygen atoms in total. The Morgan fingerprint density at radius 1 is 1.35 bits per heavy atom. The van der Waals surface area contributed by atoms with Crippen molar-refractivity contribution in [3.05, 3.63) is 34.3 Å². The van der Waals surface area contributed by atoms with E-state index in [1.165, 1.54) is 0 Å². The Bertz CT molecular complexity index is 669. The zero-order valence-corrected chi connectivity index (χ0v) is 15.3. The molecule has 0 saturated carbocycles. The lowest BCUT2D eigenvalue weighted by atomic mass is 9.77. The van der Waals surface area contributed by atoms with Gasteiger partial charge in [0.2, 0.25) is 0 Å². The molecule has 1 heterocycles. The predicted molar refractivity (Wildman–Crippen MR) is 99.3 cm³/mol. The number of rotatable bonds is 4. The number of benzene rings is 1. The number of aliphatic imine (C=N–C) groups is 1. The first-order valence-corrected chi connectivity index (χ1v) is 8.12. The third-order valence-corrected chi connectivity index (χ3v) is 4.68. The van der Waals surface area contributed by atoms with Crippen LogP contribution in [-0.4, -0.2) is 30.0 Å². The van der Waals surface area contributed by atoms with Crippen molar-refractivity contribution in [1.82, 2.24) is 0 Å². The van der Waals surface area contributed by atoms with Gasteiger partial charge in [-0.25, -0.2) is 0 Å². The van der Waals surface area contributed by atoms with Crippen LogP contribution in [0.2, 0.25) is 5.02 Å². The molecule has 7 heteroatoms. The maximum absolute atomic E-state index is 6.18. The molecular weight excluding hydrogens is 331 g/mol. The van der Waals surface area contributed by atoms with Gasteiger partial charge in [-0.2, -0.15) is 4.99 Å². The van der Waals surface area contributed by atoms with Gasteiger partial charge < -0.3 is 15.0 Å². The summed E-state index contributed by atoms with van der Waals surface area (Å²) in [5.74, 6) is 0. The van der Waals surface area contributed by atoms with E-state index in [0.29, 0.717) is 17.3 Å². The lowest BCUT2D eigenvalue weighted by Gasteiger charge is -2.32. The van der Waals surface area contributed by atoms with Crippen LogP contribution >= 0.6 is 23.8 Å². The molecule has 0 unspecified atom stereocenters. The third-order valence-electron chi connectivity index (χ3n) is 4.28. The largest absolute Gasteiger partial charge is 0.491 e. The van der Waals surface area contributed by atoms with Crippen LogP contribution in [0.4, 0.5) is 5.69 Å². The van der Waals surface area contributed by atoms with Crippen LogP contribution < -0.4 is 5.73 Å². The van der Waals surface area contributed by atoms with Gasteiger partial charge in [0.15, 0.2) is 0 Å². The van der Waals surface area contributed by atoms with Gasteiger partial charge >= 0.3 is 7.12 Å². The summed E-state index contributed by atoms with van der Waals surface area (Å²) in [4.78, 5) is 3.90. The number of nitrogens with zero attached hydrogens (tertiary/aromatic N) is 1. The molecule has 122 valence electrons. The van der Waals surface area contributed by atoms with E-state index in [1.807, 2.05) is 39.8 Å². The van der Waals surface area contributed by atoms with E-state index in [9.17, 15) is 0 Å². The highest BCUT2D eigenvalue weighted by atomic mass is 35.5. The Labute approximate surface area is 147 Å². The molecule has 1 aromatic rings. The number of halogens is 1. The van der Waals surface area contributed by atoms with E-state index < -0.39 is 18.3 Å². The summed E-state index contributed by atoms with van der Waals surface area (Å²) in [6.07, 6.45) is 1.93. The Morgan fingerprint density at radius 2 is 1.96 bits per heavy atom. The number of hydrogen-bond acceptors (Lipinski definition) is 5. The first-order valence-electron chi connectivity index (χ1n) is 7.34. The van der Waals surface area contributed by atoms with Crippen molar-refractivity contribution in [3.63, 3.8) is 0 Å². The number of isothiocyanates is 1. The first kappa shape index (κ1) is 18.3. The molecule has 0 spiro atoms. The summed E-state index contributed by atoms with van der Waals surface area (Å²) in [5.41, 5.74) is 7.42. The normalized spacial score (nSPS) is 19.6. The summed E-state index contributed by atoms with van der Waals surface area (Å²) < 4.78 is 12.1. The third kappa shape index (κ3) is 3.91. The summed E-state index contributed by atoms with van der Waals surface area (Å²) >= 11 is 10.8. The standard InChI is InChI=1S/C16H20BClN2O2S/c1-15(2)16(3,4)22-17(21-15)12(9-19)7-11-5-6-14(20-10-23)13(18)8-11/h5-8H,9,19H2,1-4H3. The molecule has 1 aromatic carbocycles. The molecule has 0 amide bonds. The van der Waals surface area contributed by atoms with E-state index in [0.717, 1.165) is 11.0 Å².